The number of benzene rings is 3. The van der Waals surface area contributed by atoms with Gasteiger partial charge in [0.1, 0.15) is 12.6 Å². The second kappa shape index (κ2) is 12.1. The number of nitrogens with zero attached hydrogens (tertiary/aromatic N) is 2. The number of carboxylic acids is 1. The number of likely N-dealkylation sites (N-methyl/N-ethyl adjacent to an activating group) is 1. The van der Waals surface area contributed by atoms with E-state index in [1.807, 2.05) is 78.7 Å². The number of likely N-dealkylation sites (tertiary alicyclic amines) is 1. The summed E-state index contributed by atoms with van der Waals surface area (Å²) in [4.78, 5) is 41.6. The van der Waals surface area contributed by atoms with E-state index >= 15 is 0 Å². The number of carbonyl (C=O) groups excluding carboxylic acids is 2. The van der Waals surface area contributed by atoms with Crippen molar-refractivity contribution >= 4 is 18.0 Å². The van der Waals surface area contributed by atoms with Gasteiger partial charge in [0.2, 0.25) is 5.91 Å². The lowest BCUT2D eigenvalue weighted by Crippen LogP contribution is -2.57. The molecular weight excluding hydrogens is 522 g/mol. The van der Waals surface area contributed by atoms with E-state index in [9.17, 15) is 24.6 Å². The Morgan fingerprint density at radius 2 is 1.51 bits per heavy atom. The molecule has 1 atom stereocenters. The fraction of sp³-hybridized carbons (Fsp3) is 0.344. The molecule has 0 radical (unpaired) electrons. The number of hydrogen-bond donors (Lipinski definition) is 3. The Kier molecular flexibility index (Phi) is 8.37. The molecule has 1 aliphatic heterocycles. The maximum absolute atomic E-state index is 13.6. The molecule has 0 spiro atoms. The van der Waals surface area contributed by atoms with Crippen LogP contribution in [0.25, 0.3) is 11.1 Å². The zero-order valence-electron chi connectivity index (χ0n) is 23.0. The Bertz CT molecular complexity index is 1360. The molecule has 1 unspecified atom stereocenters. The van der Waals surface area contributed by atoms with Crippen molar-refractivity contribution in [3.05, 3.63) is 95.6 Å². The number of piperidine rings is 1. The van der Waals surface area contributed by atoms with Crippen molar-refractivity contribution < 1.29 is 29.3 Å². The Balaban J connectivity index is 1.27. The van der Waals surface area contributed by atoms with Gasteiger partial charge < -0.3 is 25.2 Å². The summed E-state index contributed by atoms with van der Waals surface area (Å²) in [5.74, 6) is -1.75. The van der Waals surface area contributed by atoms with E-state index < -0.39 is 23.7 Å². The van der Waals surface area contributed by atoms with Crippen LogP contribution in [-0.4, -0.2) is 82.9 Å². The van der Waals surface area contributed by atoms with Gasteiger partial charge in [0.05, 0.1) is 0 Å². The van der Waals surface area contributed by atoms with Crippen molar-refractivity contribution in [2.24, 2.45) is 0 Å². The van der Waals surface area contributed by atoms with Crippen LogP contribution in [0.2, 0.25) is 0 Å². The number of aliphatic hydroxyl groups is 1. The lowest BCUT2D eigenvalue weighted by molar-refractivity contribution is -0.165. The van der Waals surface area contributed by atoms with E-state index in [0.717, 1.165) is 27.8 Å². The Morgan fingerprint density at radius 3 is 2.10 bits per heavy atom. The van der Waals surface area contributed by atoms with Crippen LogP contribution in [0.3, 0.4) is 0 Å². The molecule has 2 amide bonds. The zero-order chi connectivity index (χ0) is 29.0. The molecule has 1 saturated heterocycles. The fourth-order valence-electron chi connectivity index (χ4n) is 5.77. The first-order valence-corrected chi connectivity index (χ1v) is 13.8. The van der Waals surface area contributed by atoms with Gasteiger partial charge in [-0.1, -0.05) is 78.9 Å². The number of nitrogens with one attached hydrogen (secondary N) is 1. The van der Waals surface area contributed by atoms with Gasteiger partial charge in [0.25, 0.3) is 0 Å². The first kappa shape index (κ1) is 28.3. The third kappa shape index (κ3) is 6.26. The number of hydrogen-bond acceptors (Lipinski definition) is 6. The van der Waals surface area contributed by atoms with E-state index in [1.54, 1.807) is 0 Å². The molecule has 3 aromatic rings. The van der Waals surface area contributed by atoms with Crippen LogP contribution in [0.4, 0.5) is 4.79 Å². The molecule has 1 fully saturated rings. The molecule has 3 aromatic carbocycles. The van der Waals surface area contributed by atoms with Crippen LogP contribution >= 0.6 is 0 Å². The standard InChI is InChI=1S/C32H35N3O6/c1-34(19-22-9-3-2-4-10-22)20-28(29(36)35-17-15-32(40,16-18-35)30(37)38)33-31(39)41-21-27-25-13-7-5-11-23(25)24-12-6-8-14-26(24)27/h2-14,27-28,40H,15-21H2,1H3,(H,33,39)(H,37,38). The number of rotatable bonds is 9. The van der Waals surface area contributed by atoms with Crippen molar-refractivity contribution in [1.82, 2.24) is 15.1 Å². The molecule has 9 heteroatoms. The number of carboxylic acid groups (broad SMARTS) is 1. The van der Waals surface area contributed by atoms with Crippen LogP contribution in [-0.2, 0) is 20.9 Å². The highest BCUT2D eigenvalue weighted by Crippen LogP contribution is 2.44. The number of fused-ring (bicyclic) bond motifs is 3. The molecule has 3 N–H and O–H groups in total. The predicted octanol–water partition coefficient (Wildman–Crippen LogP) is 3.46. The quantitative estimate of drug-likeness (QED) is 0.369. The average molecular weight is 558 g/mol. The van der Waals surface area contributed by atoms with E-state index in [0.29, 0.717) is 6.54 Å². The molecule has 2 aliphatic rings. The first-order chi connectivity index (χ1) is 19.7. The SMILES string of the molecule is CN(Cc1ccccc1)CC(NC(=O)OCC1c2ccccc2-c2ccccc21)C(=O)N1CCC(O)(C(=O)O)CC1. The summed E-state index contributed by atoms with van der Waals surface area (Å²) >= 11 is 0. The number of alkyl carbamates (subject to hydrolysis) is 1. The number of amides is 2. The van der Waals surface area contributed by atoms with Gasteiger partial charge in [-0.2, -0.15) is 0 Å². The second-order valence-corrected chi connectivity index (χ2v) is 10.9. The van der Waals surface area contributed by atoms with Gasteiger partial charge in [0.15, 0.2) is 5.60 Å². The predicted molar refractivity (Wildman–Crippen MR) is 153 cm³/mol. The van der Waals surface area contributed by atoms with Gasteiger partial charge in [-0.25, -0.2) is 9.59 Å². The number of carbonyl (C=O) groups is 3. The van der Waals surface area contributed by atoms with Crippen LogP contribution in [0.5, 0.6) is 0 Å². The third-order valence-corrected chi connectivity index (χ3v) is 8.02. The highest BCUT2D eigenvalue weighted by atomic mass is 16.5. The highest BCUT2D eigenvalue weighted by Gasteiger charge is 2.42. The summed E-state index contributed by atoms with van der Waals surface area (Å²) < 4.78 is 5.72. The maximum atomic E-state index is 13.6. The molecule has 5 rings (SSSR count). The van der Waals surface area contributed by atoms with Gasteiger partial charge in [-0.15, -0.1) is 0 Å². The van der Waals surface area contributed by atoms with Crippen molar-refractivity contribution in [3.63, 3.8) is 0 Å². The largest absolute Gasteiger partial charge is 0.479 e. The van der Waals surface area contributed by atoms with Crippen molar-refractivity contribution in [1.29, 1.82) is 0 Å². The van der Waals surface area contributed by atoms with Crippen LogP contribution in [0.1, 0.15) is 35.4 Å². The molecule has 0 saturated carbocycles. The van der Waals surface area contributed by atoms with Gasteiger partial charge >= 0.3 is 12.1 Å². The summed E-state index contributed by atoms with van der Waals surface area (Å²) in [6, 6.07) is 25.0. The van der Waals surface area contributed by atoms with Crippen LogP contribution in [0, 0.1) is 0 Å². The van der Waals surface area contributed by atoms with Crippen LogP contribution in [0.15, 0.2) is 78.9 Å². The summed E-state index contributed by atoms with van der Waals surface area (Å²) in [5.41, 5.74) is 3.65. The maximum Gasteiger partial charge on any atom is 0.407 e. The molecule has 41 heavy (non-hydrogen) atoms. The third-order valence-electron chi connectivity index (χ3n) is 8.02. The fourth-order valence-corrected chi connectivity index (χ4v) is 5.77. The zero-order valence-corrected chi connectivity index (χ0v) is 23.0. The Hall–Kier alpha value is -4.21. The highest BCUT2D eigenvalue weighted by molar-refractivity contribution is 5.87. The molecule has 1 heterocycles. The van der Waals surface area contributed by atoms with E-state index in [1.165, 1.54) is 4.90 Å². The van der Waals surface area contributed by atoms with Crippen molar-refractivity contribution in [2.75, 3.05) is 33.3 Å². The normalized spacial score (nSPS) is 16.5. The minimum atomic E-state index is -1.85. The van der Waals surface area contributed by atoms with Crippen LogP contribution < -0.4 is 5.32 Å². The van der Waals surface area contributed by atoms with Gasteiger partial charge in [-0.05, 0) is 34.9 Å². The lowest BCUT2D eigenvalue weighted by Gasteiger charge is -2.37. The van der Waals surface area contributed by atoms with Gasteiger partial charge in [-0.3, -0.25) is 9.69 Å². The monoisotopic (exact) mass is 557 g/mol. The first-order valence-electron chi connectivity index (χ1n) is 13.8. The van der Waals surface area contributed by atoms with E-state index in [4.69, 9.17) is 4.74 Å². The van der Waals surface area contributed by atoms with Gasteiger partial charge in [0, 0.05) is 44.9 Å². The molecule has 9 nitrogen and oxygen atoms in total. The minimum Gasteiger partial charge on any atom is -0.479 e. The topological polar surface area (TPSA) is 119 Å². The number of aliphatic carboxylic acids is 1. The Labute approximate surface area is 239 Å². The number of ether oxygens (including phenoxy) is 1. The Morgan fingerprint density at radius 1 is 0.951 bits per heavy atom. The average Bonchev–Trinajstić information content (AvgIpc) is 3.30. The smallest absolute Gasteiger partial charge is 0.407 e. The minimum absolute atomic E-state index is 0.0763. The molecule has 1 aliphatic carbocycles. The molecule has 214 valence electrons. The van der Waals surface area contributed by atoms with E-state index in [-0.39, 0.29) is 50.9 Å². The van der Waals surface area contributed by atoms with E-state index in [2.05, 4.69) is 17.4 Å². The second-order valence-electron chi connectivity index (χ2n) is 10.9. The summed E-state index contributed by atoms with van der Waals surface area (Å²) in [6.45, 7) is 1.06. The molecular formula is C32H35N3O6. The summed E-state index contributed by atoms with van der Waals surface area (Å²) in [5, 5.41) is 22.4. The van der Waals surface area contributed by atoms with Crippen molar-refractivity contribution in [3.8, 4) is 11.1 Å². The summed E-state index contributed by atoms with van der Waals surface area (Å²) in [6.07, 6.45) is -0.852. The lowest BCUT2D eigenvalue weighted by atomic mass is 9.91. The molecule has 0 bridgehead atoms. The van der Waals surface area contributed by atoms with Crippen molar-refractivity contribution in [2.45, 2.75) is 36.9 Å². The summed E-state index contributed by atoms with van der Waals surface area (Å²) in [7, 11) is 1.87. The molecule has 0 aromatic heterocycles.